The van der Waals surface area contributed by atoms with Gasteiger partial charge in [-0.05, 0) is 108 Å². The SMILES string of the molecule is Brc1ccc(-c2nc3ccccc3c3c2ccc2c4ccccc4sc23)cc1.C.[U].c1ccc(-c2ccc(N(c3ccc(-c4nc5ccccc5c5c4ccc4c6ccccc6sc45)cc3)c3ccc4c(c3)c3ccccc3n4-c3ccccc3)cc2)cc1. The van der Waals surface area contributed by atoms with Crippen molar-refractivity contribution in [3.05, 3.63) is 302 Å². The van der Waals surface area contributed by atoms with Crippen molar-refractivity contribution in [3.63, 3.8) is 0 Å². The molecular formula is C81H53BrN4S2U. The van der Waals surface area contributed by atoms with Crippen molar-refractivity contribution in [1.29, 1.82) is 0 Å². The molecule has 0 aliphatic heterocycles. The zero-order valence-corrected chi connectivity index (χ0v) is 54.7. The quantitative estimate of drug-likeness (QED) is 0.149. The second-order valence-corrected chi connectivity index (χ2v) is 25.1. The molecule has 8 heteroatoms. The van der Waals surface area contributed by atoms with Crippen LogP contribution in [0.15, 0.2) is 302 Å². The normalized spacial score (nSPS) is 11.5. The van der Waals surface area contributed by atoms with Crippen molar-refractivity contribution in [2.45, 2.75) is 7.43 Å². The van der Waals surface area contributed by atoms with Gasteiger partial charge in [0.1, 0.15) is 0 Å². The van der Waals surface area contributed by atoms with Crippen LogP contribution >= 0.6 is 38.6 Å². The van der Waals surface area contributed by atoms with Crippen LogP contribution in [-0.4, -0.2) is 14.5 Å². The maximum atomic E-state index is 5.34. The Labute approximate surface area is 555 Å². The summed E-state index contributed by atoms with van der Waals surface area (Å²) in [5, 5.41) is 15.1. The number of hydrogen-bond donors (Lipinski definition) is 0. The summed E-state index contributed by atoms with van der Waals surface area (Å²) in [6.07, 6.45) is 0. The summed E-state index contributed by atoms with van der Waals surface area (Å²) in [4.78, 5) is 12.8. The Kier molecular flexibility index (Phi) is 14.8. The fourth-order valence-corrected chi connectivity index (χ4v) is 15.9. The summed E-state index contributed by atoms with van der Waals surface area (Å²) in [5.41, 5.74) is 15.5. The second kappa shape index (κ2) is 23.4. The average Bonchev–Trinajstić information content (AvgIpc) is 1.90. The Bertz CT molecular complexity index is 5710. The van der Waals surface area contributed by atoms with E-state index in [0.29, 0.717) is 0 Å². The van der Waals surface area contributed by atoms with Gasteiger partial charge in [0.05, 0.1) is 33.5 Å². The first kappa shape index (κ1) is 56.3. The van der Waals surface area contributed by atoms with E-state index in [-0.39, 0.29) is 38.5 Å². The van der Waals surface area contributed by atoms with Crippen LogP contribution in [0.2, 0.25) is 0 Å². The first-order valence-electron chi connectivity index (χ1n) is 29.2. The van der Waals surface area contributed by atoms with Gasteiger partial charge in [0.2, 0.25) is 0 Å². The topological polar surface area (TPSA) is 34.0 Å². The van der Waals surface area contributed by atoms with Crippen LogP contribution in [0.1, 0.15) is 7.43 Å². The van der Waals surface area contributed by atoms with E-state index in [2.05, 4.69) is 323 Å². The van der Waals surface area contributed by atoms with Crippen LogP contribution in [-0.2, 0) is 0 Å². The summed E-state index contributed by atoms with van der Waals surface area (Å²) in [7, 11) is 0. The molecule has 18 aromatic rings. The molecule has 89 heavy (non-hydrogen) atoms. The molecule has 0 spiro atoms. The molecule has 0 bridgehead atoms. The van der Waals surface area contributed by atoms with Gasteiger partial charge in [-0.1, -0.05) is 224 Å². The van der Waals surface area contributed by atoms with E-state index in [9.17, 15) is 0 Å². The molecule has 420 valence electrons. The van der Waals surface area contributed by atoms with Gasteiger partial charge in [0.15, 0.2) is 0 Å². The van der Waals surface area contributed by atoms with E-state index in [1.54, 1.807) is 0 Å². The molecule has 0 saturated carbocycles. The summed E-state index contributed by atoms with van der Waals surface area (Å²) < 4.78 is 8.74. The molecule has 13 aromatic carbocycles. The largest absolute Gasteiger partial charge is 0.310 e. The van der Waals surface area contributed by atoms with Crippen LogP contribution in [0, 0.1) is 31.1 Å². The van der Waals surface area contributed by atoms with Crippen LogP contribution in [0.3, 0.4) is 0 Å². The van der Waals surface area contributed by atoms with Crippen molar-refractivity contribution >= 4 is 161 Å². The van der Waals surface area contributed by atoms with Gasteiger partial charge in [-0.2, -0.15) is 0 Å². The maximum absolute atomic E-state index is 5.34. The third-order valence-corrected chi connectivity index (χ3v) is 20.0. The predicted octanol–water partition coefficient (Wildman–Crippen LogP) is 24.5. The van der Waals surface area contributed by atoms with E-state index in [1.165, 1.54) is 106 Å². The molecule has 0 aliphatic carbocycles. The van der Waals surface area contributed by atoms with Gasteiger partial charge in [0, 0.05) is 153 Å². The minimum absolute atomic E-state index is 0. The minimum Gasteiger partial charge on any atom is -0.310 e. The zero-order valence-electron chi connectivity index (χ0n) is 47.3. The molecule has 0 amide bonds. The Hall–Kier alpha value is -9.23. The molecule has 5 aromatic heterocycles. The van der Waals surface area contributed by atoms with Crippen molar-refractivity contribution in [3.8, 4) is 39.3 Å². The molecule has 0 N–H and O–H groups in total. The second-order valence-electron chi connectivity index (χ2n) is 22.1. The summed E-state index contributed by atoms with van der Waals surface area (Å²) >= 11 is 7.29. The molecule has 0 fully saturated rings. The molecule has 0 unspecified atom stereocenters. The third-order valence-electron chi connectivity index (χ3n) is 17.1. The predicted molar refractivity (Wildman–Crippen MR) is 384 cm³/mol. The molecule has 5 heterocycles. The average molecular weight is 1460 g/mol. The van der Waals surface area contributed by atoms with Crippen molar-refractivity contribution in [2.24, 2.45) is 0 Å². The van der Waals surface area contributed by atoms with E-state index < -0.39 is 0 Å². The van der Waals surface area contributed by atoms with E-state index in [0.717, 1.165) is 60.8 Å². The van der Waals surface area contributed by atoms with Crippen LogP contribution in [0.4, 0.5) is 17.1 Å². The maximum Gasteiger partial charge on any atom is 0.0788 e. The number of thiophene rings is 2. The Morgan fingerprint density at radius 3 is 1.27 bits per heavy atom. The Balaban J connectivity index is 0.000000185. The number of hydrogen-bond acceptors (Lipinski definition) is 5. The molecular weight excluding hydrogens is 1410 g/mol. The van der Waals surface area contributed by atoms with Gasteiger partial charge in [-0.25, -0.2) is 9.97 Å². The van der Waals surface area contributed by atoms with Gasteiger partial charge in [-0.3, -0.25) is 0 Å². The van der Waals surface area contributed by atoms with Crippen LogP contribution in [0.25, 0.3) is 145 Å². The number of benzene rings is 13. The molecule has 0 atom stereocenters. The number of anilines is 3. The van der Waals surface area contributed by atoms with Gasteiger partial charge < -0.3 is 9.47 Å². The van der Waals surface area contributed by atoms with E-state index in [4.69, 9.17) is 9.97 Å². The number of rotatable bonds is 7. The number of aromatic nitrogens is 3. The third kappa shape index (κ3) is 9.70. The van der Waals surface area contributed by atoms with Gasteiger partial charge >= 0.3 is 0 Å². The molecule has 0 radical (unpaired) electrons. The fraction of sp³-hybridized carbons (Fsp3) is 0.0123. The molecule has 4 nitrogen and oxygen atoms in total. The Morgan fingerprint density at radius 1 is 0.315 bits per heavy atom. The minimum atomic E-state index is 0. The fourth-order valence-electron chi connectivity index (χ4n) is 13.1. The number of para-hydroxylation sites is 4. The number of nitrogens with zero attached hydrogens (tertiary/aromatic N) is 4. The molecule has 0 aliphatic rings. The first-order chi connectivity index (χ1) is 43.1. The summed E-state index contributed by atoms with van der Waals surface area (Å²) in [6.45, 7) is 0. The monoisotopic (exact) mass is 1460 g/mol. The van der Waals surface area contributed by atoms with Gasteiger partial charge in [-0.15, -0.1) is 22.7 Å². The van der Waals surface area contributed by atoms with E-state index >= 15 is 0 Å². The first-order valence-corrected chi connectivity index (χ1v) is 31.6. The van der Waals surface area contributed by atoms with Gasteiger partial charge in [0.25, 0.3) is 0 Å². The summed E-state index contributed by atoms with van der Waals surface area (Å²) in [6, 6.07) is 107. The zero-order chi connectivity index (χ0) is 57.5. The summed E-state index contributed by atoms with van der Waals surface area (Å²) in [5.74, 6) is 0. The van der Waals surface area contributed by atoms with Crippen molar-refractivity contribution < 1.29 is 31.1 Å². The standard InChI is InChI=1S/C55H35N3S.C25H14BrNS.CH4.U/c1-3-13-36(14-4-1)37-23-27-40(28-24-37)57(42-31-34-51-48(35-42)43-17-8-11-21-50(43)58(51)39-15-5-2-6-16-39)41-29-25-38(26-30-41)54-47-33-32-45-44-18-9-12-22-52(44)59-55(45)53(47)46-19-7-10-20-49(46)56-54;26-16-11-9-15(10-12-16)24-20-14-13-18-17-5-2-4-8-22(17)28-25(18)23(20)19-6-1-3-7-21(19)27-24;;/h1-35H;1-14H;1H4;. The number of fused-ring (bicyclic) bond motifs is 17. The Morgan fingerprint density at radius 2 is 0.719 bits per heavy atom. The molecule has 0 saturated heterocycles. The number of halogens is 1. The van der Waals surface area contributed by atoms with Crippen molar-refractivity contribution in [2.75, 3.05) is 4.90 Å². The smallest absolute Gasteiger partial charge is 0.0788 e. The number of pyridine rings is 2. The van der Waals surface area contributed by atoms with Crippen molar-refractivity contribution in [1.82, 2.24) is 14.5 Å². The molecule has 18 rings (SSSR count). The van der Waals surface area contributed by atoms with Crippen LogP contribution in [0.5, 0.6) is 0 Å². The van der Waals surface area contributed by atoms with E-state index in [1.807, 2.05) is 22.7 Å². The van der Waals surface area contributed by atoms with Crippen LogP contribution < -0.4 is 4.90 Å².